The number of benzene rings is 1. The first kappa shape index (κ1) is 14.7. The van der Waals surface area contributed by atoms with Gasteiger partial charge in [0, 0.05) is 6.42 Å². The molecule has 1 aromatic carbocycles. The van der Waals surface area contributed by atoms with E-state index in [9.17, 15) is 9.50 Å². The molecule has 0 saturated heterocycles. The van der Waals surface area contributed by atoms with Gasteiger partial charge in [-0.1, -0.05) is 23.5 Å². The smallest absolute Gasteiger partial charge is 0.205 e. The highest BCUT2D eigenvalue weighted by molar-refractivity contribution is 7.15. The fourth-order valence-electron chi connectivity index (χ4n) is 1.94. The molecule has 0 aliphatic carbocycles. The Kier molecular flexibility index (Phi) is 4.45. The molecule has 0 amide bonds. The molecule has 1 atom stereocenters. The van der Waals surface area contributed by atoms with Gasteiger partial charge in [0.2, 0.25) is 5.13 Å². The molecule has 2 aromatic heterocycles. The summed E-state index contributed by atoms with van der Waals surface area (Å²) in [6.45, 7) is 0.290. The number of nitrogens with one attached hydrogen (secondary N) is 1. The van der Waals surface area contributed by atoms with Crippen LogP contribution >= 0.6 is 11.3 Å². The number of aliphatic hydroxyl groups is 1. The van der Waals surface area contributed by atoms with Crippen LogP contribution in [0.1, 0.15) is 22.4 Å². The molecule has 0 spiro atoms. The van der Waals surface area contributed by atoms with E-state index in [1.54, 1.807) is 24.3 Å². The van der Waals surface area contributed by atoms with Crippen molar-refractivity contribution >= 4 is 16.5 Å². The molecule has 0 fully saturated rings. The normalized spacial score (nSPS) is 12.3. The monoisotopic (exact) mass is 319 g/mol. The number of hydrogen-bond donors (Lipinski definition) is 2. The maximum Gasteiger partial charge on any atom is 0.205 e. The van der Waals surface area contributed by atoms with Gasteiger partial charge in [0.1, 0.15) is 22.7 Å². The second kappa shape index (κ2) is 6.67. The van der Waals surface area contributed by atoms with Crippen molar-refractivity contribution in [3.05, 3.63) is 64.8 Å². The van der Waals surface area contributed by atoms with Gasteiger partial charge < -0.3 is 14.8 Å². The van der Waals surface area contributed by atoms with Gasteiger partial charge in [-0.05, 0) is 29.8 Å². The predicted octanol–water partition coefficient (Wildman–Crippen LogP) is 3.01. The van der Waals surface area contributed by atoms with Gasteiger partial charge in [-0.25, -0.2) is 4.39 Å². The summed E-state index contributed by atoms with van der Waals surface area (Å²) >= 11 is 1.40. The van der Waals surface area contributed by atoms with E-state index in [4.69, 9.17) is 4.42 Å². The molecule has 3 rings (SSSR count). The Balaban J connectivity index is 1.56. The van der Waals surface area contributed by atoms with Gasteiger partial charge in [0.15, 0.2) is 0 Å². The lowest BCUT2D eigenvalue weighted by atomic mass is 10.2. The minimum Gasteiger partial charge on any atom is -0.467 e. The summed E-state index contributed by atoms with van der Waals surface area (Å²) in [4.78, 5) is 0. The SMILES string of the molecule is OC(CNc1nnc(Cc2ccc(F)cc2)s1)c1ccco1. The molecule has 7 heteroatoms. The summed E-state index contributed by atoms with van der Waals surface area (Å²) in [6, 6.07) is 9.75. The molecule has 2 heterocycles. The van der Waals surface area contributed by atoms with Gasteiger partial charge in [-0.3, -0.25) is 0 Å². The molecule has 3 aromatic rings. The zero-order valence-corrected chi connectivity index (χ0v) is 12.4. The summed E-state index contributed by atoms with van der Waals surface area (Å²) in [6.07, 6.45) is 1.38. The Morgan fingerprint density at radius 2 is 2.05 bits per heavy atom. The van der Waals surface area contributed by atoms with Crippen molar-refractivity contribution < 1.29 is 13.9 Å². The van der Waals surface area contributed by atoms with Crippen molar-refractivity contribution in [1.82, 2.24) is 10.2 Å². The largest absolute Gasteiger partial charge is 0.467 e. The van der Waals surface area contributed by atoms with Crippen LogP contribution in [-0.4, -0.2) is 21.8 Å². The Bertz CT molecular complexity index is 713. The first-order valence-electron chi connectivity index (χ1n) is 6.73. The summed E-state index contributed by atoms with van der Waals surface area (Å²) < 4.78 is 18.0. The number of aromatic nitrogens is 2. The highest BCUT2D eigenvalue weighted by Crippen LogP contribution is 2.20. The second-order valence-corrected chi connectivity index (χ2v) is 5.78. The van der Waals surface area contributed by atoms with Crippen LogP contribution in [-0.2, 0) is 6.42 Å². The Labute approximate surface area is 130 Å². The van der Waals surface area contributed by atoms with Gasteiger partial charge in [0.25, 0.3) is 0 Å². The number of furan rings is 1. The summed E-state index contributed by atoms with van der Waals surface area (Å²) in [5.41, 5.74) is 0.972. The van der Waals surface area contributed by atoms with Gasteiger partial charge in [-0.2, -0.15) is 0 Å². The van der Waals surface area contributed by atoms with Crippen LogP contribution in [0.4, 0.5) is 9.52 Å². The number of nitrogens with zero attached hydrogens (tertiary/aromatic N) is 2. The minimum absolute atomic E-state index is 0.254. The lowest BCUT2D eigenvalue weighted by molar-refractivity contribution is 0.162. The Morgan fingerprint density at radius 3 is 2.77 bits per heavy atom. The standard InChI is InChI=1S/C15H14FN3O2S/c16-11-5-3-10(4-6-11)8-14-18-19-15(22-14)17-9-12(20)13-2-1-7-21-13/h1-7,12,20H,8-9H2,(H,17,19). The number of rotatable bonds is 6. The van der Waals surface area contributed by atoms with Crippen molar-refractivity contribution in [2.75, 3.05) is 11.9 Å². The highest BCUT2D eigenvalue weighted by Gasteiger charge is 2.11. The van der Waals surface area contributed by atoms with Crippen molar-refractivity contribution in [3.63, 3.8) is 0 Å². The molecule has 2 N–H and O–H groups in total. The van der Waals surface area contributed by atoms with Crippen LogP contribution in [0.2, 0.25) is 0 Å². The third kappa shape index (κ3) is 3.69. The first-order valence-corrected chi connectivity index (χ1v) is 7.54. The number of halogens is 1. The Hall–Kier alpha value is -2.25. The minimum atomic E-state index is -0.737. The van der Waals surface area contributed by atoms with E-state index in [1.807, 2.05) is 0 Å². The molecular weight excluding hydrogens is 305 g/mol. The molecule has 114 valence electrons. The van der Waals surface area contributed by atoms with Crippen LogP contribution in [0.25, 0.3) is 0 Å². The van der Waals surface area contributed by atoms with Crippen molar-refractivity contribution in [3.8, 4) is 0 Å². The Morgan fingerprint density at radius 1 is 1.23 bits per heavy atom. The fourth-order valence-corrected chi connectivity index (χ4v) is 2.72. The molecule has 1 unspecified atom stereocenters. The number of aliphatic hydroxyl groups excluding tert-OH is 1. The van der Waals surface area contributed by atoms with Gasteiger partial charge in [-0.15, -0.1) is 10.2 Å². The average molecular weight is 319 g/mol. The van der Waals surface area contributed by atoms with Crippen LogP contribution < -0.4 is 5.32 Å². The van der Waals surface area contributed by atoms with Gasteiger partial charge in [0.05, 0.1) is 12.8 Å². The van der Waals surface area contributed by atoms with E-state index in [2.05, 4.69) is 15.5 Å². The number of hydrogen-bond acceptors (Lipinski definition) is 6. The molecule has 0 radical (unpaired) electrons. The summed E-state index contributed by atoms with van der Waals surface area (Å²) in [5.74, 6) is 0.249. The zero-order chi connectivity index (χ0) is 15.4. The van der Waals surface area contributed by atoms with Gasteiger partial charge >= 0.3 is 0 Å². The third-order valence-electron chi connectivity index (χ3n) is 3.05. The van der Waals surface area contributed by atoms with Crippen LogP contribution in [0.15, 0.2) is 47.1 Å². The van der Waals surface area contributed by atoms with Crippen LogP contribution in [0.3, 0.4) is 0 Å². The van der Waals surface area contributed by atoms with E-state index >= 15 is 0 Å². The predicted molar refractivity (Wildman–Crippen MR) is 81.3 cm³/mol. The van der Waals surface area contributed by atoms with Crippen molar-refractivity contribution in [2.45, 2.75) is 12.5 Å². The molecule has 5 nitrogen and oxygen atoms in total. The maximum atomic E-state index is 12.9. The van der Waals surface area contributed by atoms with Crippen molar-refractivity contribution in [2.24, 2.45) is 0 Å². The topological polar surface area (TPSA) is 71.2 Å². The molecule has 22 heavy (non-hydrogen) atoms. The lowest BCUT2D eigenvalue weighted by Crippen LogP contribution is -2.11. The van der Waals surface area contributed by atoms with E-state index in [0.717, 1.165) is 10.6 Å². The zero-order valence-electron chi connectivity index (χ0n) is 11.6. The van der Waals surface area contributed by atoms with E-state index in [1.165, 1.54) is 29.7 Å². The second-order valence-electron chi connectivity index (χ2n) is 4.72. The first-order chi connectivity index (χ1) is 10.7. The summed E-state index contributed by atoms with van der Waals surface area (Å²) in [5, 5.41) is 22.5. The lowest BCUT2D eigenvalue weighted by Gasteiger charge is -2.07. The molecule has 0 aliphatic rings. The molecule has 0 bridgehead atoms. The summed E-state index contributed by atoms with van der Waals surface area (Å²) in [7, 11) is 0. The third-order valence-corrected chi connectivity index (χ3v) is 3.93. The van der Waals surface area contributed by atoms with Crippen LogP contribution in [0, 0.1) is 5.82 Å². The van der Waals surface area contributed by atoms with E-state index in [-0.39, 0.29) is 5.82 Å². The van der Waals surface area contributed by atoms with E-state index in [0.29, 0.717) is 23.9 Å². The average Bonchev–Trinajstić information content (AvgIpc) is 3.19. The maximum absolute atomic E-state index is 12.9. The van der Waals surface area contributed by atoms with E-state index < -0.39 is 6.10 Å². The van der Waals surface area contributed by atoms with Crippen LogP contribution in [0.5, 0.6) is 0 Å². The fraction of sp³-hybridized carbons (Fsp3) is 0.200. The molecule has 0 saturated carbocycles. The molecular formula is C15H14FN3O2S. The quantitative estimate of drug-likeness (QED) is 0.731. The molecule has 0 aliphatic heterocycles. The number of anilines is 1. The highest BCUT2D eigenvalue weighted by atomic mass is 32.1. The van der Waals surface area contributed by atoms with Crippen molar-refractivity contribution in [1.29, 1.82) is 0 Å².